The first-order valence-corrected chi connectivity index (χ1v) is 11.5. The lowest BCUT2D eigenvalue weighted by Gasteiger charge is -2.16. The second kappa shape index (κ2) is 8.69. The number of carbonyl (C=O) groups excluding carboxylic acids is 1. The molecule has 0 unspecified atom stereocenters. The molecule has 0 radical (unpaired) electrons. The van der Waals surface area contributed by atoms with E-state index in [4.69, 9.17) is 11.6 Å². The molecular formula is C23H23ClN2O4S. The van der Waals surface area contributed by atoms with Crippen LogP contribution in [0, 0.1) is 27.7 Å². The van der Waals surface area contributed by atoms with Crippen LogP contribution in [-0.4, -0.2) is 18.9 Å². The first kappa shape index (κ1) is 22.8. The van der Waals surface area contributed by atoms with Gasteiger partial charge >= 0.3 is 0 Å². The Morgan fingerprint density at radius 2 is 1.65 bits per heavy atom. The number of hydrogen-bond acceptors (Lipinski definition) is 4. The molecule has 31 heavy (non-hydrogen) atoms. The SMILES string of the molecule is Cc1cccc(NC(=O)Cn2c(C)cc(C)c(S(=O)(=O)c3ccc(Cl)cc3)c2=O)c1C. The van der Waals surface area contributed by atoms with Crippen molar-refractivity contribution < 1.29 is 13.2 Å². The van der Waals surface area contributed by atoms with E-state index < -0.39 is 21.3 Å². The molecule has 0 aliphatic heterocycles. The van der Waals surface area contributed by atoms with Gasteiger partial charge in [0.2, 0.25) is 15.7 Å². The molecule has 0 aliphatic rings. The summed E-state index contributed by atoms with van der Waals surface area (Å²) in [4.78, 5) is 25.5. The third kappa shape index (κ3) is 4.57. The zero-order valence-corrected chi connectivity index (χ0v) is 19.3. The van der Waals surface area contributed by atoms with Crippen LogP contribution in [0.25, 0.3) is 0 Å². The summed E-state index contributed by atoms with van der Waals surface area (Å²) in [5, 5.41) is 3.19. The highest BCUT2D eigenvalue weighted by atomic mass is 35.5. The summed E-state index contributed by atoms with van der Waals surface area (Å²) in [6.45, 7) is 6.76. The van der Waals surface area contributed by atoms with Crippen molar-refractivity contribution in [1.29, 1.82) is 0 Å². The number of aryl methyl sites for hydroxylation is 3. The summed E-state index contributed by atoms with van der Waals surface area (Å²) >= 11 is 5.86. The normalized spacial score (nSPS) is 11.4. The van der Waals surface area contributed by atoms with E-state index in [1.807, 2.05) is 26.0 Å². The highest BCUT2D eigenvalue weighted by Gasteiger charge is 2.26. The molecule has 0 fully saturated rings. The average molecular weight is 459 g/mol. The van der Waals surface area contributed by atoms with Crippen molar-refractivity contribution in [3.8, 4) is 0 Å². The molecule has 3 rings (SSSR count). The first-order valence-electron chi connectivity index (χ1n) is 9.60. The monoisotopic (exact) mass is 458 g/mol. The molecule has 0 spiro atoms. The second-order valence-corrected chi connectivity index (χ2v) is 9.77. The third-order valence-corrected chi connectivity index (χ3v) is 7.40. The molecule has 8 heteroatoms. The molecule has 0 aliphatic carbocycles. The van der Waals surface area contributed by atoms with E-state index in [0.717, 1.165) is 11.1 Å². The summed E-state index contributed by atoms with van der Waals surface area (Å²) in [7, 11) is -4.09. The molecule has 0 bridgehead atoms. The molecule has 2 aromatic carbocycles. The van der Waals surface area contributed by atoms with Gasteiger partial charge in [0.05, 0.1) is 4.90 Å². The van der Waals surface area contributed by atoms with Crippen LogP contribution in [0.5, 0.6) is 0 Å². The maximum absolute atomic E-state index is 13.2. The van der Waals surface area contributed by atoms with Gasteiger partial charge in [0.25, 0.3) is 5.56 Å². The Morgan fingerprint density at radius 3 is 2.29 bits per heavy atom. The van der Waals surface area contributed by atoms with Gasteiger partial charge in [0.15, 0.2) is 0 Å². The Morgan fingerprint density at radius 1 is 1.00 bits per heavy atom. The number of benzene rings is 2. The van der Waals surface area contributed by atoms with E-state index in [1.54, 1.807) is 26.0 Å². The van der Waals surface area contributed by atoms with Gasteiger partial charge < -0.3 is 9.88 Å². The zero-order chi connectivity index (χ0) is 22.9. The summed E-state index contributed by atoms with van der Waals surface area (Å²) in [5.41, 5.74) is 2.69. The van der Waals surface area contributed by atoms with Crippen LogP contribution >= 0.6 is 11.6 Å². The Hall–Kier alpha value is -2.90. The summed E-state index contributed by atoms with van der Waals surface area (Å²) in [6, 6.07) is 12.8. The van der Waals surface area contributed by atoms with E-state index in [0.29, 0.717) is 22.0 Å². The molecule has 3 aromatic rings. The highest BCUT2D eigenvalue weighted by molar-refractivity contribution is 7.91. The molecule has 1 heterocycles. The third-order valence-electron chi connectivity index (χ3n) is 5.22. The Bertz CT molecular complexity index is 1330. The van der Waals surface area contributed by atoms with Gasteiger partial charge in [-0.15, -0.1) is 0 Å². The number of pyridine rings is 1. The fourth-order valence-electron chi connectivity index (χ4n) is 3.38. The van der Waals surface area contributed by atoms with E-state index in [1.165, 1.54) is 28.8 Å². The minimum atomic E-state index is -4.09. The van der Waals surface area contributed by atoms with Gasteiger partial charge in [-0.1, -0.05) is 23.7 Å². The minimum Gasteiger partial charge on any atom is -0.324 e. The number of nitrogens with zero attached hydrogens (tertiary/aromatic N) is 1. The Balaban J connectivity index is 2.01. The van der Waals surface area contributed by atoms with Gasteiger partial charge in [0, 0.05) is 16.4 Å². The predicted octanol–water partition coefficient (Wildman–Crippen LogP) is 4.21. The number of rotatable bonds is 5. The Labute approximate surface area is 186 Å². The Kier molecular flexibility index (Phi) is 6.38. The average Bonchev–Trinajstić information content (AvgIpc) is 2.68. The molecule has 0 atom stereocenters. The van der Waals surface area contributed by atoms with E-state index in [2.05, 4.69) is 5.32 Å². The number of carbonyl (C=O) groups is 1. The standard InChI is InChI=1S/C23H23ClN2O4S/c1-14-6-5-7-20(17(14)4)25-21(27)13-26-16(3)12-15(2)22(23(26)28)31(29,30)19-10-8-18(24)9-11-19/h5-12H,13H2,1-4H3,(H,25,27). The number of amides is 1. The van der Waals surface area contributed by atoms with Crippen LogP contribution < -0.4 is 10.9 Å². The van der Waals surface area contributed by atoms with Crippen molar-refractivity contribution in [2.24, 2.45) is 0 Å². The minimum absolute atomic E-state index is 0.0349. The molecule has 1 aromatic heterocycles. The lowest BCUT2D eigenvalue weighted by molar-refractivity contribution is -0.116. The molecule has 162 valence electrons. The second-order valence-electron chi connectivity index (χ2n) is 7.44. The maximum Gasteiger partial charge on any atom is 0.270 e. The smallest absolute Gasteiger partial charge is 0.270 e. The van der Waals surface area contributed by atoms with Crippen molar-refractivity contribution in [3.05, 3.63) is 86.3 Å². The number of anilines is 1. The van der Waals surface area contributed by atoms with Crippen molar-refractivity contribution >= 4 is 33.0 Å². The van der Waals surface area contributed by atoms with Crippen molar-refractivity contribution in [1.82, 2.24) is 4.57 Å². The summed E-state index contributed by atoms with van der Waals surface area (Å²) in [6.07, 6.45) is 0. The maximum atomic E-state index is 13.2. The molecule has 0 saturated carbocycles. The number of sulfone groups is 1. The van der Waals surface area contributed by atoms with E-state index >= 15 is 0 Å². The van der Waals surface area contributed by atoms with Crippen molar-refractivity contribution in [3.63, 3.8) is 0 Å². The summed E-state index contributed by atoms with van der Waals surface area (Å²) in [5.74, 6) is -0.419. The zero-order valence-electron chi connectivity index (χ0n) is 17.7. The highest BCUT2D eigenvalue weighted by Crippen LogP contribution is 2.23. The quantitative estimate of drug-likeness (QED) is 0.620. The fourth-order valence-corrected chi connectivity index (χ4v) is 5.06. The van der Waals surface area contributed by atoms with Gasteiger partial charge in [0.1, 0.15) is 11.4 Å². The van der Waals surface area contributed by atoms with Crippen LogP contribution in [-0.2, 0) is 21.2 Å². The van der Waals surface area contributed by atoms with E-state index in [9.17, 15) is 18.0 Å². The molecular weight excluding hydrogens is 436 g/mol. The van der Waals surface area contributed by atoms with Crippen LogP contribution in [0.15, 0.2) is 63.1 Å². The number of hydrogen-bond donors (Lipinski definition) is 1. The van der Waals surface area contributed by atoms with E-state index in [-0.39, 0.29) is 16.3 Å². The number of nitrogens with one attached hydrogen (secondary N) is 1. The molecule has 0 saturated heterocycles. The number of aromatic nitrogens is 1. The lowest BCUT2D eigenvalue weighted by atomic mass is 10.1. The summed E-state index contributed by atoms with van der Waals surface area (Å²) < 4.78 is 27.5. The van der Waals surface area contributed by atoms with Gasteiger partial charge in [-0.05, 0) is 80.8 Å². The lowest BCUT2D eigenvalue weighted by Crippen LogP contribution is -2.33. The van der Waals surface area contributed by atoms with Crippen LogP contribution in [0.4, 0.5) is 5.69 Å². The van der Waals surface area contributed by atoms with Crippen LogP contribution in [0.3, 0.4) is 0 Å². The predicted molar refractivity (Wildman–Crippen MR) is 122 cm³/mol. The largest absolute Gasteiger partial charge is 0.324 e. The van der Waals surface area contributed by atoms with Gasteiger partial charge in [-0.25, -0.2) is 8.42 Å². The van der Waals surface area contributed by atoms with Crippen LogP contribution in [0.1, 0.15) is 22.4 Å². The fraction of sp³-hybridized carbons (Fsp3) is 0.217. The van der Waals surface area contributed by atoms with Crippen LogP contribution in [0.2, 0.25) is 5.02 Å². The number of halogens is 1. The molecule has 1 N–H and O–H groups in total. The van der Waals surface area contributed by atoms with Gasteiger partial charge in [-0.3, -0.25) is 9.59 Å². The van der Waals surface area contributed by atoms with Gasteiger partial charge in [-0.2, -0.15) is 0 Å². The topological polar surface area (TPSA) is 85.2 Å². The van der Waals surface area contributed by atoms with Crippen molar-refractivity contribution in [2.45, 2.75) is 44.0 Å². The molecule has 6 nitrogen and oxygen atoms in total. The first-order chi connectivity index (χ1) is 14.5. The molecule has 1 amide bonds. The van der Waals surface area contributed by atoms with Crippen molar-refractivity contribution in [2.75, 3.05) is 5.32 Å².